The predicted octanol–water partition coefficient (Wildman–Crippen LogP) is 4.97. The summed E-state index contributed by atoms with van der Waals surface area (Å²) in [5, 5.41) is 0.501. The molecule has 4 rings (SSSR count). The second-order valence-corrected chi connectivity index (χ2v) is 7.56. The molecule has 144 valence electrons. The van der Waals surface area contributed by atoms with Gasteiger partial charge in [0.1, 0.15) is 0 Å². The lowest BCUT2D eigenvalue weighted by molar-refractivity contribution is -0.142. The lowest BCUT2D eigenvalue weighted by Gasteiger charge is -2.11. The molecule has 0 amide bonds. The summed E-state index contributed by atoms with van der Waals surface area (Å²) >= 11 is 1.59. The maximum Gasteiger partial charge on any atom is 0.331 e. The van der Waals surface area contributed by atoms with Gasteiger partial charge in [-0.1, -0.05) is 42.5 Å². The molecule has 4 aromatic rings. The highest BCUT2D eigenvalue weighted by Gasteiger charge is 2.14. The monoisotopic (exact) mass is 402 g/mol. The van der Waals surface area contributed by atoms with Crippen LogP contribution in [-0.4, -0.2) is 15.9 Å². The van der Waals surface area contributed by atoms with Gasteiger partial charge in [0.05, 0.1) is 10.9 Å². The largest absolute Gasteiger partial charge is 0.451 e. The number of aromatic nitrogens is 2. The quantitative estimate of drug-likeness (QED) is 0.378. The van der Waals surface area contributed by atoms with E-state index in [-0.39, 0.29) is 5.56 Å². The van der Waals surface area contributed by atoms with Crippen molar-refractivity contribution >= 4 is 34.3 Å². The number of hydrogen-bond acceptors (Lipinski definition) is 5. The van der Waals surface area contributed by atoms with Crippen molar-refractivity contribution in [3.05, 3.63) is 93.9 Å². The molecule has 0 bridgehead atoms. The van der Waals surface area contributed by atoms with Gasteiger partial charge in [-0.05, 0) is 42.8 Å². The number of H-pyrrole nitrogens is 1. The summed E-state index contributed by atoms with van der Waals surface area (Å²) in [4.78, 5) is 33.5. The van der Waals surface area contributed by atoms with Crippen molar-refractivity contribution in [3.8, 4) is 10.4 Å². The number of fused-ring (bicyclic) bond motifs is 1. The number of carbonyl (C=O) groups is 1. The van der Waals surface area contributed by atoms with Crippen LogP contribution in [0.2, 0.25) is 0 Å². The van der Waals surface area contributed by atoms with Gasteiger partial charge in [0, 0.05) is 15.8 Å². The minimum absolute atomic E-state index is 0.254. The summed E-state index contributed by atoms with van der Waals surface area (Å²) in [6.07, 6.45) is 2.44. The first kappa shape index (κ1) is 18.8. The molecule has 2 aromatic carbocycles. The van der Waals surface area contributed by atoms with E-state index in [0.717, 1.165) is 15.3 Å². The van der Waals surface area contributed by atoms with Crippen LogP contribution in [0.15, 0.2) is 77.6 Å². The zero-order chi connectivity index (χ0) is 20.2. The normalized spacial score (nSPS) is 12.3. The van der Waals surface area contributed by atoms with E-state index >= 15 is 0 Å². The predicted molar refractivity (Wildman–Crippen MR) is 116 cm³/mol. The molecule has 0 saturated heterocycles. The SMILES string of the molecule is C[C@H](OC(=O)/C=C/c1ccc(-c2ccccc2)s1)c1nc2ccccc2c(=O)[nH]1. The van der Waals surface area contributed by atoms with Crippen molar-refractivity contribution in [1.29, 1.82) is 0 Å². The van der Waals surface area contributed by atoms with Gasteiger partial charge in [-0.3, -0.25) is 4.79 Å². The number of ether oxygens (including phenoxy) is 1. The van der Waals surface area contributed by atoms with Gasteiger partial charge in [-0.25, -0.2) is 9.78 Å². The van der Waals surface area contributed by atoms with E-state index in [2.05, 4.69) is 9.97 Å². The number of thiophene rings is 1. The van der Waals surface area contributed by atoms with E-state index in [1.54, 1.807) is 42.5 Å². The summed E-state index contributed by atoms with van der Waals surface area (Å²) in [5.74, 6) is -0.180. The van der Waals surface area contributed by atoms with Crippen molar-refractivity contribution in [3.63, 3.8) is 0 Å². The van der Waals surface area contributed by atoms with Crippen molar-refractivity contribution < 1.29 is 9.53 Å². The van der Waals surface area contributed by atoms with Crippen LogP contribution in [0, 0.1) is 0 Å². The lowest BCUT2D eigenvalue weighted by Crippen LogP contribution is -2.16. The zero-order valence-electron chi connectivity index (χ0n) is 15.7. The Morgan fingerprint density at radius 3 is 2.66 bits per heavy atom. The fourth-order valence-corrected chi connectivity index (χ4v) is 3.83. The van der Waals surface area contributed by atoms with Gasteiger partial charge >= 0.3 is 5.97 Å². The molecule has 2 heterocycles. The smallest absolute Gasteiger partial charge is 0.331 e. The van der Waals surface area contributed by atoms with Gasteiger partial charge in [0.25, 0.3) is 5.56 Å². The number of carbonyl (C=O) groups excluding carboxylic acids is 1. The van der Waals surface area contributed by atoms with Crippen LogP contribution in [-0.2, 0) is 9.53 Å². The molecule has 0 spiro atoms. The number of esters is 1. The molecule has 0 aliphatic heterocycles. The maximum absolute atomic E-state index is 12.2. The summed E-state index contributed by atoms with van der Waals surface area (Å²) in [6, 6.07) is 21.1. The fraction of sp³-hybridized carbons (Fsp3) is 0.0870. The molecule has 0 saturated carbocycles. The molecule has 1 N–H and O–H groups in total. The minimum Gasteiger partial charge on any atom is -0.451 e. The topological polar surface area (TPSA) is 72.0 Å². The van der Waals surface area contributed by atoms with Gasteiger partial charge in [-0.15, -0.1) is 11.3 Å². The Morgan fingerprint density at radius 2 is 1.83 bits per heavy atom. The molecule has 0 fully saturated rings. The zero-order valence-corrected chi connectivity index (χ0v) is 16.5. The molecule has 5 nitrogen and oxygen atoms in total. The molecular formula is C23H18N2O3S. The third-order valence-electron chi connectivity index (χ3n) is 4.38. The van der Waals surface area contributed by atoms with Gasteiger partial charge in [-0.2, -0.15) is 0 Å². The van der Waals surface area contributed by atoms with E-state index in [0.29, 0.717) is 16.7 Å². The first-order valence-corrected chi connectivity index (χ1v) is 9.95. The highest BCUT2D eigenvalue weighted by atomic mass is 32.1. The van der Waals surface area contributed by atoms with E-state index in [4.69, 9.17) is 4.74 Å². The average Bonchev–Trinajstić information content (AvgIpc) is 3.22. The second-order valence-electron chi connectivity index (χ2n) is 6.45. The van der Waals surface area contributed by atoms with Crippen LogP contribution in [0.1, 0.15) is 23.7 Å². The number of aromatic amines is 1. The Bertz CT molecular complexity index is 1240. The van der Waals surface area contributed by atoms with E-state index in [9.17, 15) is 9.59 Å². The standard InChI is InChI=1S/C23H18N2O3S/c1-15(22-24-19-10-6-5-9-18(19)23(27)25-22)28-21(26)14-12-17-11-13-20(29-17)16-7-3-2-4-8-16/h2-15H,1H3,(H,24,25,27)/b14-12+/t15-/m0/s1. The Kier molecular flexibility index (Phi) is 5.35. The number of nitrogens with one attached hydrogen (secondary N) is 1. The van der Waals surface area contributed by atoms with Crippen LogP contribution >= 0.6 is 11.3 Å². The van der Waals surface area contributed by atoms with Crippen LogP contribution in [0.4, 0.5) is 0 Å². The second kappa shape index (κ2) is 8.24. The molecule has 0 radical (unpaired) electrons. The summed E-state index contributed by atoms with van der Waals surface area (Å²) < 4.78 is 5.40. The van der Waals surface area contributed by atoms with E-state index < -0.39 is 12.1 Å². The van der Waals surface area contributed by atoms with Crippen LogP contribution < -0.4 is 5.56 Å². The third-order valence-corrected chi connectivity index (χ3v) is 5.48. The number of rotatable bonds is 5. The maximum atomic E-state index is 12.2. The molecule has 6 heteroatoms. The fourth-order valence-electron chi connectivity index (χ4n) is 2.92. The van der Waals surface area contributed by atoms with Crippen molar-refractivity contribution in [2.75, 3.05) is 0 Å². The average molecular weight is 402 g/mol. The first-order valence-electron chi connectivity index (χ1n) is 9.13. The van der Waals surface area contributed by atoms with E-state index in [1.807, 2.05) is 48.5 Å². The summed E-state index contributed by atoms with van der Waals surface area (Å²) in [7, 11) is 0. The Morgan fingerprint density at radius 1 is 1.07 bits per heavy atom. The molecule has 0 aliphatic rings. The molecule has 0 aliphatic carbocycles. The van der Waals surface area contributed by atoms with Crippen LogP contribution in [0.3, 0.4) is 0 Å². The number of benzene rings is 2. The molecule has 1 atom stereocenters. The van der Waals surface area contributed by atoms with Crippen LogP contribution in [0.5, 0.6) is 0 Å². The number of para-hydroxylation sites is 1. The Balaban J connectivity index is 1.44. The van der Waals surface area contributed by atoms with Crippen molar-refractivity contribution in [2.45, 2.75) is 13.0 Å². The highest BCUT2D eigenvalue weighted by molar-refractivity contribution is 7.16. The molecule has 2 aromatic heterocycles. The minimum atomic E-state index is -0.673. The first-order chi connectivity index (χ1) is 14.1. The number of hydrogen-bond donors (Lipinski definition) is 1. The third kappa shape index (κ3) is 4.33. The highest BCUT2D eigenvalue weighted by Crippen LogP contribution is 2.28. The summed E-state index contributed by atoms with van der Waals surface area (Å²) in [6.45, 7) is 1.68. The van der Waals surface area contributed by atoms with Gasteiger partial charge < -0.3 is 9.72 Å². The lowest BCUT2D eigenvalue weighted by atomic mass is 10.2. The molecule has 29 heavy (non-hydrogen) atoms. The Hall–Kier alpha value is -3.51. The molecule has 0 unspecified atom stereocenters. The van der Waals surface area contributed by atoms with E-state index in [1.165, 1.54) is 6.08 Å². The van der Waals surface area contributed by atoms with Crippen molar-refractivity contribution in [1.82, 2.24) is 9.97 Å². The summed E-state index contributed by atoms with van der Waals surface area (Å²) in [5.41, 5.74) is 1.45. The van der Waals surface area contributed by atoms with Crippen molar-refractivity contribution in [2.24, 2.45) is 0 Å². The van der Waals surface area contributed by atoms with Crippen LogP contribution in [0.25, 0.3) is 27.4 Å². The van der Waals surface area contributed by atoms with Gasteiger partial charge in [0.2, 0.25) is 0 Å². The van der Waals surface area contributed by atoms with Gasteiger partial charge in [0.15, 0.2) is 11.9 Å². The number of nitrogens with zero attached hydrogens (tertiary/aromatic N) is 1. The Labute approximate surface area is 171 Å². The molecular weight excluding hydrogens is 384 g/mol.